The van der Waals surface area contributed by atoms with Gasteiger partial charge in [-0.2, -0.15) is 0 Å². The Morgan fingerprint density at radius 2 is 2.04 bits per heavy atom. The first kappa shape index (κ1) is 17.8. The number of nitrogens with zero attached hydrogens (tertiary/aromatic N) is 4. The lowest BCUT2D eigenvalue weighted by molar-refractivity contribution is -0.383. The molecule has 8 nitrogen and oxygen atoms in total. The highest BCUT2D eigenvalue weighted by Gasteiger charge is 2.23. The van der Waals surface area contributed by atoms with E-state index in [0.717, 1.165) is 24.8 Å². The molecule has 2 N–H and O–H groups in total. The van der Waals surface area contributed by atoms with Gasteiger partial charge in [0, 0.05) is 12.7 Å². The molecule has 0 saturated carbocycles. The van der Waals surface area contributed by atoms with E-state index in [9.17, 15) is 10.1 Å². The Labute approximate surface area is 151 Å². The van der Waals surface area contributed by atoms with Crippen LogP contribution >= 0.6 is 0 Å². The molecule has 2 heterocycles. The fourth-order valence-corrected chi connectivity index (χ4v) is 2.97. The van der Waals surface area contributed by atoms with E-state index >= 15 is 0 Å². The molecule has 0 unspecified atom stereocenters. The summed E-state index contributed by atoms with van der Waals surface area (Å²) in [7, 11) is 0. The zero-order chi connectivity index (χ0) is 18.4. The van der Waals surface area contributed by atoms with Crippen LogP contribution in [0.3, 0.4) is 0 Å². The highest BCUT2D eigenvalue weighted by Crippen LogP contribution is 2.31. The molecular weight excluding hydrogens is 332 g/mol. The Bertz CT molecular complexity index is 821. The van der Waals surface area contributed by atoms with Gasteiger partial charge in [-0.05, 0) is 50.7 Å². The molecule has 8 heteroatoms. The summed E-state index contributed by atoms with van der Waals surface area (Å²) in [5.41, 5.74) is 2.11. The molecule has 3 rings (SSSR count). The molecule has 0 aromatic carbocycles. The summed E-state index contributed by atoms with van der Waals surface area (Å²) >= 11 is 0. The van der Waals surface area contributed by atoms with Gasteiger partial charge in [0.05, 0.1) is 4.92 Å². The van der Waals surface area contributed by atoms with E-state index in [1.807, 2.05) is 19.1 Å². The lowest BCUT2D eigenvalue weighted by atomic mass is 9.97. The topological polar surface area (TPSA) is 106 Å². The summed E-state index contributed by atoms with van der Waals surface area (Å²) in [6.45, 7) is 2.48. The van der Waals surface area contributed by atoms with Gasteiger partial charge in [0.2, 0.25) is 11.6 Å². The number of anilines is 3. The molecule has 0 amide bonds. The predicted octanol–water partition coefficient (Wildman–Crippen LogP) is 4.13. The summed E-state index contributed by atoms with van der Waals surface area (Å²) in [6.07, 6.45) is 10.8. The molecule has 1 aliphatic carbocycles. The van der Waals surface area contributed by atoms with E-state index in [1.165, 1.54) is 24.7 Å². The van der Waals surface area contributed by atoms with E-state index < -0.39 is 4.92 Å². The van der Waals surface area contributed by atoms with Crippen LogP contribution in [0.4, 0.5) is 23.1 Å². The molecule has 0 spiro atoms. The maximum atomic E-state index is 11.6. The van der Waals surface area contributed by atoms with Crippen LogP contribution < -0.4 is 10.6 Å². The number of allylic oxidation sites excluding steroid dienone is 1. The van der Waals surface area contributed by atoms with Crippen molar-refractivity contribution in [3.8, 4) is 0 Å². The largest absolute Gasteiger partial charge is 0.364 e. The van der Waals surface area contributed by atoms with Gasteiger partial charge in [-0.3, -0.25) is 10.1 Å². The lowest BCUT2D eigenvalue weighted by Gasteiger charge is -2.14. The maximum Gasteiger partial charge on any atom is 0.353 e. The lowest BCUT2D eigenvalue weighted by Crippen LogP contribution is -2.10. The molecule has 0 aliphatic heterocycles. The number of hydrogen-bond donors (Lipinski definition) is 2. The van der Waals surface area contributed by atoms with Crippen molar-refractivity contribution in [1.82, 2.24) is 15.0 Å². The Kier molecular flexibility index (Phi) is 5.73. The Morgan fingerprint density at radius 1 is 1.19 bits per heavy atom. The van der Waals surface area contributed by atoms with Gasteiger partial charge in [-0.15, -0.1) is 0 Å². The summed E-state index contributed by atoms with van der Waals surface area (Å²) in [6, 6.07) is 3.68. The summed E-state index contributed by atoms with van der Waals surface area (Å²) in [5, 5.41) is 17.6. The first-order valence-electron chi connectivity index (χ1n) is 8.75. The second-order valence-electron chi connectivity index (χ2n) is 6.26. The van der Waals surface area contributed by atoms with Gasteiger partial charge >= 0.3 is 5.69 Å². The Hall–Kier alpha value is -3.03. The monoisotopic (exact) mass is 354 g/mol. The van der Waals surface area contributed by atoms with Crippen molar-refractivity contribution >= 4 is 23.1 Å². The minimum Gasteiger partial charge on any atom is -0.364 e. The third-order valence-corrected chi connectivity index (χ3v) is 4.37. The van der Waals surface area contributed by atoms with Crippen LogP contribution in [0.25, 0.3) is 0 Å². The minimum absolute atomic E-state index is 0.131. The van der Waals surface area contributed by atoms with Gasteiger partial charge in [-0.1, -0.05) is 17.7 Å². The standard InChI is InChI=1S/C18H22N6O2/c1-13-6-5-10-19-16(13)23-18-15(24(25)26)17(21-12-22-18)20-11-9-14-7-3-2-4-8-14/h5-7,10,12H,2-4,8-9,11H2,1H3,(H2,19,20,21,22,23). The number of nitrogens with one attached hydrogen (secondary N) is 2. The molecule has 0 saturated heterocycles. The van der Waals surface area contributed by atoms with Crippen molar-refractivity contribution in [2.24, 2.45) is 0 Å². The fourth-order valence-electron chi connectivity index (χ4n) is 2.97. The molecule has 2 aromatic rings. The first-order chi connectivity index (χ1) is 12.6. The number of rotatable bonds is 7. The minimum atomic E-state index is -0.469. The van der Waals surface area contributed by atoms with Crippen molar-refractivity contribution < 1.29 is 4.92 Å². The van der Waals surface area contributed by atoms with Gasteiger partial charge in [-0.25, -0.2) is 15.0 Å². The number of aromatic nitrogens is 3. The molecule has 0 fully saturated rings. The second-order valence-corrected chi connectivity index (χ2v) is 6.26. The SMILES string of the molecule is Cc1cccnc1Nc1ncnc(NCCC2=CCCCC2)c1[N+](=O)[O-]. The third kappa shape index (κ3) is 4.33. The zero-order valence-electron chi connectivity index (χ0n) is 14.7. The van der Waals surface area contributed by atoms with Gasteiger partial charge in [0.15, 0.2) is 0 Å². The predicted molar refractivity (Wildman–Crippen MR) is 101 cm³/mol. The van der Waals surface area contributed by atoms with E-state index in [-0.39, 0.29) is 17.3 Å². The third-order valence-electron chi connectivity index (χ3n) is 4.37. The summed E-state index contributed by atoms with van der Waals surface area (Å²) in [5.74, 6) is 0.885. The van der Waals surface area contributed by atoms with E-state index in [1.54, 1.807) is 6.20 Å². The van der Waals surface area contributed by atoms with Crippen LogP contribution in [0.2, 0.25) is 0 Å². The van der Waals surface area contributed by atoms with Crippen LogP contribution in [-0.4, -0.2) is 26.4 Å². The Morgan fingerprint density at radius 3 is 2.77 bits per heavy atom. The van der Waals surface area contributed by atoms with E-state index in [0.29, 0.717) is 12.4 Å². The van der Waals surface area contributed by atoms with Crippen molar-refractivity contribution in [2.45, 2.75) is 39.0 Å². The molecule has 136 valence electrons. The summed E-state index contributed by atoms with van der Waals surface area (Å²) < 4.78 is 0. The van der Waals surface area contributed by atoms with Crippen molar-refractivity contribution in [2.75, 3.05) is 17.2 Å². The second kappa shape index (κ2) is 8.37. The molecule has 1 aliphatic rings. The van der Waals surface area contributed by atoms with Crippen LogP contribution in [-0.2, 0) is 0 Å². The maximum absolute atomic E-state index is 11.6. The highest BCUT2D eigenvalue weighted by molar-refractivity contribution is 5.73. The fraction of sp³-hybridized carbons (Fsp3) is 0.389. The van der Waals surface area contributed by atoms with Crippen LogP contribution in [0.1, 0.15) is 37.7 Å². The average Bonchev–Trinajstić information content (AvgIpc) is 2.64. The first-order valence-corrected chi connectivity index (χ1v) is 8.75. The van der Waals surface area contributed by atoms with Crippen LogP contribution in [0, 0.1) is 17.0 Å². The van der Waals surface area contributed by atoms with Crippen LogP contribution in [0.5, 0.6) is 0 Å². The number of aryl methyl sites for hydroxylation is 1. The average molecular weight is 354 g/mol. The zero-order valence-corrected chi connectivity index (χ0v) is 14.7. The van der Waals surface area contributed by atoms with Gasteiger partial charge < -0.3 is 10.6 Å². The molecule has 2 aromatic heterocycles. The molecule has 0 atom stereocenters. The van der Waals surface area contributed by atoms with Crippen LogP contribution in [0.15, 0.2) is 36.3 Å². The van der Waals surface area contributed by atoms with Gasteiger partial charge in [0.25, 0.3) is 0 Å². The number of nitro groups is 1. The quantitative estimate of drug-likeness (QED) is 0.437. The number of pyridine rings is 1. The highest BCUT2D eigenvalue weighted by atomic mass is 16.6. The molecule has 26 heavy (non-hydrogen) atoms. The normalized spacial score (nSPS) is 13.8. The molecular formula is C18H22N6O2. The van der Waals surface area contributed by atoms with E-state index in [2.05, 4.69) is 31.7 Å². The van der Waals surface area contributed by atoms with Crippen molar-refractivity contribution in [1.29, 1.82) is 0 Å². The molecule has 0 bridgehead atoms. The number of hydrogen-bond acceptors (Lipinski definition) is 7. The van der Waals surface area contributed by atoms with E-state index in [4.69, 9.17) is 0 Å². The van der Waals surface area contributed by atoms with Crippen molar-refractivity contribution in [3.05, 3.63) is 52.0 Å². The molecule has 0 radical (unpaired) electrons. The van der Waals surface area contributed by atoms with Gasteiger partial charge in [0.1, 0.15) is 12.1 Å². The summed E-state index contributed by atoms with van der Waals surface area (Å²) in [4.78, 5) is 23.4. The Balaban J connectivity index is 1.76. The van der Waals surface area contributed by atoms with Crippen molar-refractivity contribution in [3.63, 3.8) is 0 Å². The smallest absolute Gasteiger partial charge is 0.353 e.